The van der Waals surface area contributed by atoms with E-state index in [0.29, 0.717) is 19.4 Å². The number of aliphatic hydroxyl groups is 1. The number of benzene rings is 4. The summed E-state index contributed by atoms with van der Waals surface area (Å²) < 4.78 is 0. The Morgan fingerprint density at radius 2 is 0.921 bits per heavy atom. The number of nitrogens with zero attached hydrogens (tertiary/aromatic N) is 2. The largest absolute Gasteiger partial charge is 0.383 e. The van der Waals surface area contributed by atoms with E-state index in [1.54, 1.807) is 9.80 Å². The van der Waals surface area contributed by atoms with Gasteiger partial charge in [-0.15, -0.1) is 0 Å². The van der Waals surface area contributed by atoms with Crippen LogP contribution < -0.4 is 0 Å². The summed E-state index contributed by atoms with van der Waals surface area (Å²) in [5, 5.41) is 11.6. The van der Waals surface area contributed by atoms with Crippen LogP contribution >= 0.6 is 0 Å². The minimum atomic E-state index is -1.32. The summed E-state index contributed by atoms with van der Waals surface area (Å²) in [5.41, 5.74) is 3.79. The van der Waals surface area contributed by atoms with Gasteiger partial charge in [0.15, 0.2) is 5.78 Å². The number of urea groups is 1. The van der Waals surface area contributed by atoms with Gasteiger partial charge >= 0.3 is 6.03 Å². The molecular formula is C33H32N2O3. The van der Waals surface area contributed by atoms with E-state index in [1.807, 2.05) is 121 Å². The summed E-state index contributed by atoms with van der Waals surface area (Å²) in [6.07, 6.45) is -0.604. The van der Waals surface area contributed by atoms with E-state index in [4.69, 9.17) is 0 Å². The van der Waals surface area contributed by atoms with Crippen LogP contribution in [0.3, 0.4) is 0 Å². The first-order chi connectivity index (χ1) is 18.6. The predicted molar refractivity (Wildman–Crippen MR) is 148 cm³/mol. The van der Waals surface area contributed by atoms with Crippen molar-refractivity contribution in [1.82, 2.24) is 9.80 Å². The van der Waals surface area contributed by atoms with E-state index in [9.17, 15) is 14.7 Å². The number of aliphatic hydroxyl groups excluding tert-OH is 1. The lowest BCUT2D eigenvalue weighted by Gasteiger charge is -2.35. The molecule has 192 valence electrons. The molecule has 0 aromatic heterocycles. The molecule has 1 fully saturated rings. The van der Waals surface area contributed by atoms with Crippen LogP contribution in [0, 0.1) is 0 Å². The summed E-state index contributed by atoms with van der Waals surface area (Å²) >= 11 is 0. The SMILES string of the molecule is O=C1[C@H](O)[C@H](Cc2ccccc2)N(Cc2ccccc2)C(=O)N(Cc2ccccc2)[C@H]1Cc1ccccc1. The second-order valence-electron chi connectivity index (χ2n) is 9.82. The summed E-state index contributed by atoms with van der Waals surface area (Å²) in [6, 6.07) is 37.2. The molecule has 1 heterocycles. The smallest absolute Gasteiger partial charge is 0.321 e. The number of Topliss-reactive ketones (excluding diaryl/α,β-unsaturated/α-hetero) is 1. The van der Waals surface area contributed by atoms with Crippen molar-refractivity contribution in [3.05, 3.63) is 144 Å². The summed E-state index contributed by atoms with van der Waals surface area (Å²) in [6.45, 7) is 0.573. The van der Waals surface area contributed by atoms with Gasteiger partial charge in [-0.2, -0.15) is 0 Å². The molecule has 4 aromatic rings. The number of hydrogen-bond acceptors (Lipinski definition) is 3. The van der Waals surface area contributed by atoms with Crippen molar-refractivity contribution in [3.63, 3.8) is 0 Å². The zero-order valence-corrected chi connectivity index (χ0v) is 21.3. The van der Waals surface area contributed by atoms with Crippen LogP contribution in [-0.4, -0.2) is 44.9 Å². The van der Waals surface area contributed by atoms with E-state index in [1.165, 1.54) is 0 Å². The van der Waals surface area contributed by atoms with Crippen molar-refractivity contribution in [2.75, 3.05) is 0 Å². The average Bonchev–Trinajstić information content (AvgIpc) is 3.03. The highest BCUT2D eigenvalue weighted by atomic mass is 16.3. The van der Waals surface area contributed by atoms with Gasteiger partial charge in [0.2, 0.25) is 0 Å². The first kappa shape index (κ1) is 25.4. The van der Waals surface area contributed by atoms with Crippen molar-refractivity contribution >= 4 is 11.8 Å². The average molecular weight is 505 g/mol. The normalized spacial score (nSPS) is 19.9. The summed E-state index contributed by atoms with van der Waals surface area (Å²) in [5.74, 6) is -0.324. The highest BCUT2D eigenvalue weighted by Gasteiger charge is 2.46. The van der Waals surface area contributed by atoms with Crippen LogP contribution in [0.2, 0.25) is 0 Å². The maximum Gasteiger partial charge on any atom is 0.321 e. The van der Waals surface area contributed by atoms with Crippen LogP contribution in [0.5, 0.6) is 0 Å². The predicted octanol–water partition coefficient (Wildman–Crippen LogP) is 5.28. The molecule has 38 heavy (non-hydrogen) atoms. The molecule has 2 amide bonds. The minimum Gasteiger partial charge on any atom is -0.383 e. The number of carbonyl (C=O) groups is 2. The Morgan fingerprint density at radius 1 is 0.526 bits per heavy atom. The molecule has 1 aliphatic rings. The van der Waals surface area contributed by atoms with E-state index in [-0.39, 0.29) is 18.4 Å². The maximum absolute atomic E-state index is 14.4. The Kier molecular flexibility index (Phi) is 7.95. The van der Waals surface area contributed by atoms with E-state index in [0.717, 1.165) is 22.3 Å². The first-order valence-corrected chi connectivity index (χ1v) is 13.0. The lowest BCUT2D eigenvalue weighted by Crippen LogP contribution is -2.50. The summed E-state index contributed by atoms with van der Waals surface area (Å²) in [4.78, 5) is 31.8. The first-order valence-electron chi connectivity index (χ1n) is 13.0. The van der Waals surface area contributed by atoms with Crippen LogP contribution in [0.4, 0.5) is 4.79 Å². The second-order valence-corrected chi connectivity index (χ2v) is 9.82. The Balaban J connectivity index is 1.58. The molecular weight excluding hydrogens is 472 g/mol. The fourth-order valence-corrected chi connectivity index (χ4v) is 5.20. The topological polar surface area (TPSA) is 60.9 Å². The van der Waals surface area contributed by atoms with Gasteiger partial charge in [-0.25, -0.2) is 4.79 Å². The highest BCUT2D eigenvalue weighted by Crippen LogP contribution is 2.28. The highest BCUT2D eigenvalue weighted by molar-refractivity contribution is 5.94. The molecule has 5 heteroatoms. The molecule has 4 aromatic carbocycles. The lowest BCUT2D eigenvalue weighted by atomic mass is 9.92. The molecule has 0 bridgehead atoms. The van der Waals surface area contributed by atoms with E-state index < -0.39 is 18.2 Å². The Bertz CT molecular complexity index is 1330. The third-order valence-corrected chi connectivity index (χ3v) is 7.20. The molecule has 3 atom stereocenters. The van der Waals surface area contributed by atoms with Gasteiger partial charge in [0.25, 0.3) is 0 Å². The van der Waals surface area contributed by atoms with Gasteiger partial charge in [0.05, 0.1) is 12.1 Å². The maximum atomic E-state index is 14.4. The molecule has 1 saturated heterocycles. The van der Waals surface area contributed by atoms with Crippen molar-refractivity contribution in [1.29, 1.82) is 0 Å². The number of amides is 2. The van der Waals surface area contributed by atoms with Gasteiger partial charge in [-0.3, -0.25) is 4.79 Å². The van der Waals surface area contributed by atoms with Crippen molar-refractivity contribution in [2.45, 2.75) is 44.1 Å². The monoisotopic (exact) mass is 504 g/mol. The van der Waals surface area contributed by atoms with E-state index in [2.05, 4.69) is 0 Å². The molecule has 0 aliphatic carbocycles. The number of hydrogen-bond donors (Lipinski definition) is 1. The van der Waals surface area contributed by atoms with Crippen LogP contribution in [0.15, 0.2) is 121 Å². The van der Waals surface area contributed by atoms with E-state index >= 15 is 0 Å². The van der Waals surface area contributed by atoms with Crippen LogP contribution in [0.25, 0.3) is 0 Å². The van der Waals surface area contributed by atoms with Gasteiger partial charge < -0.3 is 14.9 Å². The Morgan fingerprint density at radius 3 is 1.39 bits per heavy atom. The third-order valence-electron chi connectivity index (χ3n) is 7.20. The zero-order chi connectivity index (χ0) is 26.3. The fraction of sp³-hybridized carbons (Fsp3) is 0.212. The fourth-order valence-electron chi connectivity index (χ4n) is 5.20. The van der Waals surface area contributed by atoms with Gasteiger partial charge in [-0.1, -0.05) is 121 Å². The third kappa shape index (κ3) is 5.84. The van der Waals surface area contributed by atoms with Gasteiger partial charge in [-0.05, 0) is 28.7 Å². The molecule has 1 aliphatic heterocycles. The Hall–Kier alpha value is -4.22. The molecule has 0 saturated carbocycles. The number of ketones is 1. The van der Waals surface area contributed by atoms with Crippen molar-refractivity contribution < 1.29 is 14.7 Å². The minimum absolute atomic E-state index is 0.246. The lowest BCUT2D eigenvalue weighted by molar-refractivity contribution is -0.132. The number of carbonyl (C=O) groups excluding carboxylic acids is 2. The number of rotatable bonds is 8. The molecule has 5 rings (SSSR count). The Labute approximate surface area is 224 Å². The van der Waals surface area contributed by atoms with Crippen LogP contribution in [-0.2, 0) is 30.7 Å². The molecule has 0 spiro atoms. The van der Waals surface area contributed by atoms with Crippen molar-refractivity contribution in [2.24, 2.45) is 0 Å². The molecule has 0 radical (unpaired) electrons. The molecule has 0 unspecified atom stereocenters. The van der Waals surface area contributed by atoms with Crippen molar-refractivity contribution in [3.8, 4) is 0 Å². The zero-order valence-electron chi connectivity index (χ0n) is 21.3. The quantitative estimate of drug-likeness (QED) is 0.355. The van der Waals surface area contributed by atoms with Crippen LogP contribution in [0.1, 0.15) is 22.3 Å². The van der Waals surface area contributed by atoms with Gasteiger partial charge in [0.1, 0.15) is 6.10 Å². The molecule has 5 nitrogen and oxygen atoms in total. The van der Waals surface area contributed by atoms with Gasteiger partial charge in [0, 0.05) is 19.5 Å². The molecule has 1 N–H and O–H groups in total. The second kappa shape index (κ2) is 11.9. The summed E-state index contributed by atoms with van der Waals surface area (Å²) in [7, 11) is 0. The standard InChI is InChI=1S/C33H32N2O3/c36-31-29(21-25-13-5-1-6-14-25)34(23-27-17-9-3-10-18-27)33(38)35(24-28-19-11-4-12-20-28)30(32(31)37)22-26-15-7-2-8-16-26/h1-20,29-31,36H,21-24H2/t29-,30-,31+/m0/s1.